The van der Waals surface area contributed by atoms with Gasteiger partial charge in [-0.15, -0.1) is 5.10 Å². The number of aromatic nitrogens is 3. The van der Waals surface area contributed by atoms with Gasteiger partial charge in [-0.2, -0.15) is 0 Å². The fraction of sp³-hybridized carbons (Fsp3) is 0.647. The van der Waals surface area contributed by atoms with Crippen LogP contribution < -0.4 is 4.74 Å². The van der Waals surface area contributed by atoms with Crippen molar-refractivity contribution in [2.45, 2.75) is 99.1 Å². The summed E-state index contributed by atoms with van der Waals surface area (Å²) in [4.78, 5) is 0. The second-order valence-electron chi connectivity index (χ2n) is 11.1. The van der Waals surface area contributed by atoms with E-state index >= 15 is 0 Å². The van der Waals surface area contributed by atoms with E-state index in [1.807, 2.05) is 12.3 Å². The third-order valence-corrected chi connectivity index (χ3v) is 7.47. The summed E-state index contributed by atoms with van der Waals surface area (Å²) in [7, 11) is 0. The van der Waals surface area contributed by atoms with Gasteiger partial charge in [-0.25, -0.2) is 4.68 Å². The number of allylic oxidation sites excluding steroid dienone is 3. The maximum Gasteiger partial charge on any atom is 0.127 e. The molecule has 2 atom stereocenters. The number of rotatable bonds is 20. The number of unbranched alkanes of at least 4 members (excludes halogenated alkanes) is 2. The van der Waals surface area contributed by atoms with Crippen LogP contribution >= 0.6 is 0 Å². The molecule has 0 saturated heterocycles. The quantitative estimate of drug-likeness (QED) is 0.128. The molecular formula is C34H55N3O5. The van der Waals surface area contributed by atoms with Gasteiger partial charge in [0, 0.05) is 18.1 Å². The zero-order chi connectivity index (χ0) is 29.5. The van der Waals surface area contributed by atoms with E-state index in [9.17, 15) is 5.11 Å². The number of hydrogen-bond donors (Lipinski definition) is 1. The minimum Gasteiger partial charge on any atom is -0.507 e. The average molecular weight is 586 g/mol. The SMILES string of the molecule is C.C=C(C)C1CCC(C)=CC1c1c(O)cc(CCCCC)cc1OCCOCCOCc1cn(CCOCCC)nn1. The molecule has 0 saturated carbocycles. The summed E-state index contributed by atoms with van der Waals surface area (Å²) in [6.07, 6.45) is 11.6. The predicted molar refractivity (Wildman–Crippen MR) is 169 cm³/mol. The first-order valence-corrected chi connectivity index (χ1v) is 15.4. The van der Waals surface area contributed by atoms with Gasteiger partial charge >= 0.3 is 0 Å². The van der Waals surface area contributed by atoms with Gasteiger partial charge in [0.2, 0.25) is 0 Å². The minimum atomic E-state index is 0. The maximum atomic E-state index is 11.2. The van der Waals surface area contributed by atoms with E-state index in [4.69, 9.17) is 18.9 Å². The van der Waals surface area contributed by atoms with Crippen LogP contribution in [0.2, 0.25) is 0 Å². The first kappa shape index (κ1) is 35.5. The monoisotopic (exact) mass is 585 g/mol. The van der Waals surface area contributed by atoms with E-state index in [1.54, 1.807) is 4.68 Å². The lowest BCUT2D eigenvalue weighted by Crippen LogP contribution is -2.19. The van der Waals surface area contributed by atoms with E-state index in [1.165, 1.54) is 12.0 Å². The van der Waals surface area contributed by atoms with Gasteiger partial charge in [0.05, 0.1) is 45.8 Å². The number of phenolic OH excluding ortho intramolecular Hbond substituents is 1. The molecule has 236 valence electrons. The van der Waals surface area contributed by atoms with Crippen LogP contribution in [0, 0.1) is 5.92 Å². The van der Waals surface area contributed by atoms with Crippen molar-refractivity contribution >= 4 is 0 Å². The Balaban J connectivity index is 0.00000616. The molecule has 1 aromatic carbocycles. The lowest BCUT2D eigenvalue weighted by molar-refractivity contribution is 0.0292. The summed E-state index contributed by atoms with van der Waals surface area (Å²) in [5, 5.41) is 19.5. The van der Waals surface area contributed by atoms with Crippen LogP contribution in [0.3, 0.4) is 0 Å². The highest BCUT2D eigenvalue weighted by Crippen LogP contribution is 2.47. The standard InChI is InChI=1S/C33H51N3O5.CH4/c1-6-8-9-10-27-21-31(37)33(30-20-26(5)11-12-29(30)25(3)4)32(22-27)41-19-18-39-16-17-40-24-28-23-36(35-34-28)13-15-38-14-7-2;/h20-23,29-30,37H,3,6-19,24H2,1-2,4-5H3;1H4. The molecule has 3 rings (SSSR count). The number of nitrogens with zero attached hydrogens (tertiary/aromatic N) is 3. The highest BCUT2D eigenvalue weighted by molar-refractivity contribution is 5.52. The largest absolute Gasteiger partial charge is 0.507 e. The van der Waals surface area contributed by atoms with E-state index < -0.39 is 0 Å². The number of benzene rings is 1. The van der Waals surface area contributed by atoms with Gasteiger partial charge < -0.3 is 24.1 Å². The molecule has 1 aromatic heterocycles. The van der Waals surface area contributed by atoms with Crippen molar-refractivity contribution in [1.82, 2.24) is 15.0 Å². The molecular weight excluding hydrogens is 530 g/mol. The molecule has 0 aliphatic heterocycles. The summed E-state index contributed by atoms with van der Waals surface area (Å²) < 4.78 is 25.0. The normalized spacial score (nSPS) is 16.6. The Morgan fingerprint density at radius 2 is 1.79 bits per heavy atom. The van der Waals surface area contributed by atoms with Crippen molar-refractivity contribution in [3.8, 4) is 11.5 Å². The molecule has 8 nitrogen and oxygen atoms in total. The van der Waals surface area contributed by atoms with Gasteiger partial charge in [-0.3, -0.25) is 0 Å². The Bertz CT molecular complexity index is 1100. The first-order chi connectivity index (χ1) is 19.9. The Labute approximate surface area is 254 Å². The number of aryl methyl sites for hydroxylation is 1. The van der Waals surface area contributed by atoms with Gasteiger partial charge in [0.1, 0.15) is 23.8 Å². The predicted octanol–water partition coefficient (Wildman–Crippen LogP) is 7.41. The summed E-state index contributed by atoms with van der Waals surface area (Å²) in [6, 6.07) is 4.04. The van der Waals surface area contributed by atoms with Crippen LogP contribution in [-0.2, 0) is 33.8 Å². The summed E-state index contributed by atoms with van der Waals surface area (Å²) >= 11 is 0. The highest BCUT2D eigenvalue weighted by atomic mass is 16.5. The van der Waals surface area contributed by atoms with Crippen LogP contribution in [0.15, 0.2) is 42.1 Å². The molecule has 0 fully saturated rings. The van der Waals surface area contributed by atoms with Gasteiger partial charge in [-0.05, 0) is 69.6 Å². The molecule has 2 unspecified atom stereocenters. The molecule has 1 heterocycles. The molecule has 42 heavy (non-hydrogen) atoms. The topological polar surface area (TPSA) is 87.9 Å². The van der Waals surface area contributed by atoms with Crippen molar-refractivity contribution in [2.75, 3.05) is 39.6 Å². The Morgan fingerprint density at radius 1 is 1.02 bits per heavy atom. The zero-order valence-electron chi connectivity index (χ0n) is 25.7. The van der Waals surface area contributed by atoms with Crippen molar-refractivity contribution in [2.24, 2.45) is 5.92 Å². The molecule has 1 aliphatic carbocycles. The lowest BCUT2D eigenvalue weighted by Gasteiger charge is -2.32. The highest BCUT2D eigenvalue weighted by Gasteiger charge is 2.30. The smallest absolute Gasteiger partial charge is 0.127 e. The molecule has 8 heteroatoms. The number of ether oxygens (including phenoxy) is 4. The molecule has 2 aromatic rings. The van der Waals surface area contributed by atoms with Crippen LogP contribution in [0.5, 0.6) is 11.5 Å². The Hall–Kier alpha value is -2.68. The second-order valence-corrected chi connectivity index (χ2v) is 11.1. The van der Waals surface area contributed by atoms with Gasteiger partial charge in [0.15, 0.2) is 0 Å². The fourth-order valence-corrected chi connectivity index (χ4v) is 5.28. The summed E-state index contributed by atoms with van der Waals surface area (Å²) in [6.45, 7) is 17.0. The van der Waals surface area contributed by atoms with Crippen molar-refractivity contribution in [3.63, 3.8) is 0 Å². The lowest BCUT2D eigenvalue weighted by atomic mass is 9.73. The van der Waals surface area contributed by atoms with Crippen LogP contribution in [-0.4, -0.2) is 59.7 Å². The van der Waals surface area contributed by atoms with E-state index in [2.05, 4.69) is 56.7 Å². The Morgan fingerprint density at radius 3 is 2.55 bits per heavy atom. The molecule has 1 N–H and O–H groups in total. The van der Waals surface area contributed by atoms with Crippen molar-refractivity contribution in [3.05, 3.63) is 59.0 Å². The molecule has 0 bridgehead atoms. The third-order valence-electron chi connectivity index (χ3n) is 7.47. The number of hydrogen-bond acceptors (Lipinski definition) is 7. The second kappa shape index (κ2) is 19.5. The van der Waals surface area contributed by atoms with Crippen LogP contribution in [0.4, 0.5) is 0 Å². The van der Waals surface area contributed by atoms with Crippen LogP contribution in [0.25, 0.3) is 0 Å². The zero-order valence-corrected chi connectivity index (χ0v) is 25.7. The maximum absolute atomic E-state index is 11.2. The third kappa shape index (κ3) is 11.5. The summed E-state index contributed by atoms with van der Waals surface area (Å²) in [5.74, 6) is 1.40. The van der Waals surface area contributed by atoms with Gasteiger partial charge in [-0.1, -0.05) is 63.1 Å². The first-order valence-electron chi connectivity index (χ1n) is 15.4. The van der Waals surface area contributed by atoms with E-state index in [0.29, 0.717) is 51.9 Å². The summed E-state index contributed by atoms with van der Waals surface area (Å²) in [5.41, 5.74) is 5.25. The molecule has 0 amide bonds. The molecule has 1 aliphatic rings. The van der Waals surface area contributed by atoms with Crippen LogP contribution in [0.1, 0.15) is 96.4 Å². The minimum absolute atomic E-state index is 0. The van der Waals surface area contributed by atoms with Crippen molar-refractivity contribution in [1.29, 1.82) is 0 Å². The van der Waals surface area contributed by atoms with Crippen molar-refractivity contribution < 1.29 is 24.1 Å². The average Bonchev–Trinajstić information content (AvgIpc) is 3.40. The van der Waals surface area contributed by atoms with E-state index in [-0.39, 0.29) is 19.3 Å². The number of phenols is 1. The Kier molecular flexibility index (Phi) is 16.5. The molecule has 0 spiro atoms. The molecule has 0 radical (unpaired) electrons. The van der Waals surface area contributed by atoms with Gasteiger partial charge in [0.25, 0.3) is 0 Å². The van der Waals surface area contributed by atoms with E-state index in [0.717, 1.165) is 73.3 Å². The number of aromatic hydroxyl groups is 1. The fourth-order valence-electron chi connectivity index (χ4n) is 5.28.